The van der Waals surface area contributed by atoms with Gasteiger partial charge in [0.2, 0.25) is 5.91 Å². The summed E-state index contributed by atoms with van der Waals surface area (Å²) >= 11 is 0. The Labute approximate surface area is 104 Å². The highest BCUT2D eigenvalue weighted by atomic mass is 16.5. The molecule has 0 aliphatic heterocycles. The van der Waals surface area contributed by atoms with Crippen molar-refractivity contribution in [3.05, 3.63) is 35.9 Å². The molecule has 6 nitrogen and oxygen atoms in total. The molecule has 1 atom stereocenters. The van der Waals surface area contributed by atoms with Crippen LogP contribution in [0.1, 0.15) is 17.3 Å². The molecule has 0 fully saturated rings. The van der Waals surface area contributed by atoms with Crippen molar-refractivity contribution in [3.63, 3.8) is 0 Å². The van der Waals surface area contributed by atoms with Crippen molar-refractivity contribution in [2.75, 3.05) is 6.61 Å². The van der Waals surface area contributed by atoms with Crippen LogP contribution in [0.25, 0.3) is 0 Å². The third kappa shape index (κ3) is 4.25. The summed E-state index contributed by atoms with van der Waals surface area (Å²) in [6.45, 7) is 0.991. The SMILES string of the molecule is CC(NC(=O)COC(=O)c1ccccc1)C(N)=O. The van der Waals surface area contributed by atoms with E-state index in [-0.39, 0.29) is 0 Å². The van der Waals surface area contributed by atoms with Crippen LogP contribution in [0.2, 0.25) is 0 Å². The first kappa shape index (κ1) is 13.7. The van der Waals surface area contributed by atoms with Crippen molar-refractivity contribution in [1.29, 1.82) is 0 Å². The number of nitrogens with two attached hydrogens (primary N) is 1. The van der Waals surface area contributed by atoms with Crippen LogP contribution in [-0.4, -0.2) is 30.4 Å². The maximum atomic E-state index is 11.5. The average Bonchev–Trinajstić information content (AvgIpc) is 2.36. The highest BCUT2D eigenvalue weighted by molar-refractivity contribution is 5.92. The number of rotatable bonds is 5. The Hall–Kier alpha value is -2.37. The highest BCUT2D eigenvalue weighted by Gasteiger charge is 2.14. The smallest absolute Gasteiger partial charge is 0.338 e. The molecular formula is C12H14N2O4. The first-order chi connectivity index (χ1) is 8.50. The Bertz CT molecular complexity index is 445. The lowest BCUT2D eigenvalue weighted by molar-refractivity contribution is -0.128. The zero-order chi connectivity index (χ0) is 13.5. The monoisotopic (exact) mass is 250 g/mol. The number of ether oxygens (including phenoxy) is 1. The molecule has 0 saturated heterocycles. The van der Waals surface area contributed by atoms with E-state index >= 15 is 0 Å². The van der Waals surface area contributed by atoms with Crippen molar-refractivity contribution in [2.24, 2.45) is 5.73 Å². The van der Waals surface area contributed by atoms with E-state index in [2.05, 4.69) is 5.32 Å². The largest absolute Gasteiger partial charge is 0.452 e. The second kappa shape index (κ2) is 6.39. The van der Waals surface area contributed by atoms with E-state index in [1.165, 1.54) is 6.92 Å². The molecule has 0 aliphatic rings. The lowest BCUT2D eigenvalue weighted by Gasteiger charge is -2.10. The molecule has 96 valence electrons. The van der Waals surface area contributed by atoms with Crippen molar-refractivity contribution < 1.29 is 19.1 Å². The van der Waals surface area contributed by atoms with Crippen LogP contribution in [0, 0.1) is 0 Å². The molecule has 1 unspecified atom stereocenters. The molecule has 0 spiro atoms. The third-order valence-corrected chi connectivity index (χ3v) is 2.15. The molecule has 1 aromatic carbocycles. The van der Waals surface area contributed by atoms with Gasteiger partial charge in [-0.3, -0.25) is 9.59 Å². The fourth-order valence-corrected chi connectivity index (χ4v) is 1.14. The molecule has 18 heavy (non-hydrogen) atoms. The molecule has 6 heteroatoms. The normalized spacial score (nSPS) is 11.4. The minimum absolute atomic E-state index is 0.355. The summed E-state index contributed by atoms with van der Waals surface area (Å²) in [6, 6.07) is 7.49. The molecule has 1 rings (SSSR count). The summed E-state index contributed by atoms with van der Waals surface area (Å²) in [5.74, 6) is -1.83. The van der Waals surface area contributed by atoms with Crippen LogP contribution >= 0.6 is 0 Å². The third-order valence-electron chi connectivity index (χ3n) is 2.15. The molecule has 2 amide bonds. The van der Waals surface area contributed by atoms with Crippen LogP contribution < -0.4 is 11.1 Å². The van der Waals surface area contributed by atoms with Gasteiger partial charge in [-0.05, 0) is 19.1 Å². The maximum absolute atomic E-state index is 11.5. The molecule has 0 aromatic heterocycles. The van der Waals surface area contributed by atoms with Gasteiger partial charge in [0.15, 0.2) is 6.61 Å². The lowest BCUT2D eigenvalue weighted by Crippen LogP contribution is -2.43. The second-order valence-electron chi connectivity index (χ2n) is 3.63. The quantitative estimate of drug-likeness (QED) is 0.709. The molecular weight excluding hydrogens is 236 g/mol. The van der Waals surface area contributed by atoms with Crippen molar-refractivity contribution in [1.82, 2.24) is 5.32 Å². The van der Waals surface area contributed by atoms with Crippen LogP contribution in [-0.2, 0) is 14.3 Å². The average molecular weight is 250 g/mol. The molecule has 0 radical (unpaired) electrons. The number of primary amides is 1. The summed E-state index contributed by atoms with van der Waals surface area (Å²) in [5.41, 5.74) is 5.32. The molecule has 0 bridgehead atoms. The van der Waals surface area contributed by atoms with E-state index in [9.17, 15) is 14.4 Å². The Morgan fingerprint density at radius 1 is 1.28 bits per heavy atom. The van der Waals surface area contributed by atoms with Crippen LogP contribution in [0.15, 0.2) is 30.3 Å². The molecule has 0 heterocycles. The van der Waals surface area contributed by atoms with Gasteiger partial charge in [-0.2, -0.15) is 0 Å². The number of benzene rings is 1. The Morgan fingerprint density at radius 3 is 2.44 bits per heavy atom. The van der Waals surface area contributed by atoms with Gasteiger partial charge in [0.05, 0.1) is 5.56 Å². The molecule has 3 N–H and O–H groups in total. The number of amides is 2. The van der Waals surface area contributed by atoms with Gasteiger partial charge in [0.25, 0.3) is 5.91 Å². The molecule has 0 saturated carbocycles. The van der Waals surface area contributed by atoms with Crippen molar-refractivity contribution >= 4 is 17.8 Å². The van der Waals surface area contributed by atoms with Gasteiger partial charge in [0, 0.05) is 0 Å². The summed E-state index contributed by atoms with van der Waals surface area (Å²) in [4.78, 5) is 33.5. The second-order valence-corrected chi connectivity index (χ2v) is 3.63. The minimum atomic E-state index is -0.798. The van der Waals surface area contributed by atoms with Crippen molar-refractivity contribution in [2.45, 2.75) is 13.0 Å². The summed E-state index contributed by atoms with van der Waals surface area (Å²) in [6.07, 6.45) is 0. The van der Waals surface area contributed by atoms with Gasteiger partial charge in [0.1, 0.15) is 6.04 Å². The summed E-state index contributed by atoms with van der Waals surface area (Å²) in [5, 5.41) is 2.30. The zero-order valence-electron chi connectivity index (χ0n) is 9.88. The van der Waals surface area contributed by atoms with Gasteiger partial charge in [-0.15, -0.1) is 0 Å². The predicted molar refractivity (Wildman–Crippen MR) is 63.5 cm³/mol. The van der Waals surface area contributed by atoms with E-state index in [0.717, 1.165) is 0 Å². The van der Waals surface area contributed by atoms with E-state index in [0.29, 0.717) is 5.56 Å². The van der Waals surface area contributed by atoms with Gasteiger partial charge in [-0.25, -0.2) is 4.79 Å². The number of carbonyl (C=O) groups excluding carboxylic acids is 3. The maximum Gasteiger partial charge on any atom is 0.338 e. The van der Waals surface area contributed by atoms with E-state index in [4.69, 9.17) is 10.5 Å². The number of carbonyl (C=O) groups is 3. The lowest BCUT2D eigenvalue weighted by atomic mass is 10.2. The van der Waals surface area contributed by atoms with Crippen LogP contribution in [0.4, 0.5) is 0 Å². The molecule has 0 aliphatic carbocycles. The topological polar surface area (TPSA) is 98.5 Å². The summed E-state index contributed by atoms with van der Waals surface area (Å²) in [7, 11) is 0. The first-order valence-electron chi connectivity index (χ1n) is 5.31. The number of hydrogen-bond donors (Lipinski definition) is 2. The Kier molecular flexibility index (Phi) is 4.86. The summed E-state index contributed by atoms with van der Waals surface area (Å²) < 4.78 is 4.77. The predicted octanol–water partition coefficient (Wildman–Crippen LogP) is -0.167. The minimum Gasteiger partial charge on any atom is -0.452 e. The van der Waals surface area contributed by atoms with Gasteiger partial charge < -0.3 is 15.8 Å². The van der Waals surface area contributed by atoms with Gasteiger partial charge in [-0.1, -0.05) is 18.2 Å². The van der Waals surface area contributed by atoms with Crippen LogP contribution in [0.5, 0.6) is 0 Å². The fourth-order valence-electron chi connectivity index (χ4n) is 1.14. The number of hydrogen-bond acceptors (Lipinski definition) is 4. The Balaban J connectivity index is 2.40. The number of esters is 1. The zero-order valence-corrected chi connectivity index (χ0v) is 9.88. The Morgan fingerprint density at radius 2 is 1.89 bits per heavy atom. The standard InChI is InChI=1S/C12H14N2O4/c1-8(11(13)16)14-10(15)7-18-12(17)9-5-3-2-4-6-9/h2-6,8H,7H2,1H3,(H2,13,16)(H,14,15). The van der Waals surface area contributed by atoms with E-state index in [1.54, 1.807) is 30.3 Å². The molecule has 1 aromatic rings. The van der Waals surface area contributed by atoms with Crippen LogP contribution in [0.3, 0.4) is 0 Å². The first-order valence-corrected chi connectivity index (χ1v) is 5.31. The fraction of sp³-hybridized carbons (Fsp3) is 0.250. The van der Waals surface area contributed by atoms with E-state index < -0.39 is 30.4 Å². The van der Waals surface area contributed by atoms with Gasteiger partial charge >= 0.3 is 5.97 Å². The van der Waals surface area contributed by atoms with Crippen molar-refractivity contribution in [3.8, 4) is 0 Å². The number of nitrogens with one attached hydrogen (secondary N) is 1. The highest BCUT2D eigenvalue weighted by Crippen LogP contribution is 2.00. The van der Waals surface area contributed by atoms with E-state index in [1.807, 2.05) is 0 Å².